The molecule has 0 bridgehead atoms. The number of aryl methyl sites for hydroxylation is 2. The molecule has 144 valence electrons. The monoisotopic (exact) mass is 377 g/mol. The van der Waals surface area contributed by atoms with Crippen molar-refractivity contribution >= 4 is 11.4 Å². The Morgan fingerprint density at radius 1 is 1.14 bits per heavy atom. The largest absolute Gasteiger partial charge is 0.495 e. The van der Waals surface area contributed by atoms with Crippen LogP contribution in [0.3, 0.4) is 0 Å². The molecule has 0 fully saturated rings. The van der Waals surface area contributed by atoms with E-state index in [4.69, 9.17) is 16.2 Å². The van der Waals surface area contributed by atoms with Crippen molar-refractivity contribution in [2.75, 3.05) is 12.8 Å². The summed E-state index contributed by atoms with van der Waals surface area (Å²) >= 11 is 0. The molecule has 0 aliphatic heterocycles. The number of hydrogen-bond donors (Lipinski definition) is 3. The van der Waals surface area contributed by atoms with Crippen LogP contribution in [0.15, 0.2) is 42.9 Å². The maximum atomic E-state index is 6.30. The molecule has 0 radical (unpaired) electrons. The van der Waals surface area contributed by atoms with E-state index in [2.05, 4.69) is 25.5 Å². The molecule has 0 saturated heterocycles. The number of anilines is 1. The van der Waals surface area contributed by atoms with Crippen LogP contribution in [-0.4, -0.2) is 27.3 Å². The second kappa shape index (κ2) is 8.34. The lowest BCUT2D eigenvalue weighted by Crippen LogP contribution is -2.16. The summed E-state index contributed by atoms with van der Waals surface area (Å²) in [6.07, 6.45) is 4.99. The van der Waals surface area contributed by atoms with Gasteiger partial charge in [0.05, 0.1) is 36.4 Å². The number of methoxy groups -OCH3 is 1. The Bertz CT molecular complexity index is 983. The van der Waals surface area contributed by atoms with E-state index >= 15 is 0 Å². The first-order chi connectivity index (χ1) is 13.5. The van der Waals surface area contributed by atoms with Crippen molar-refractivity contribution in [2.45, 2.75) is 20.4 Å². The van der Waals surface area contributed by atoms with Crippen LogP contribution in [0.25, 0.3) is 17.1 Å². The number of aromatic nitrogens is 4. The van der Waals surface area contributed by atoms with Gasteiger partial charge in [0.2, 0.25) is 0 Å². The van der Waals surface area contributed by atoms with E-state index in [0.717, 1.165) is 22.5 Å². The van der Waals surface area contributed by atoms with Crippen LogP contribution >= 0.6 is 0 Å². The lowest BCUT2D eigenvalue weighted by Gasteiger charge is -2.16. The van der Waals surface area contributed by atoms with Crippen molar-refractivity contribution < 1.29 is 4.74 Å². The van der Waals surface area contributed by atoms with E-state index in [-0.39, 0.29) is 0 Å². The van der Waals surface area contributed by atoms with Gasteiger partial charge in [0, 0.05) is 29.7 Å². The van der Waals surface area contributed by atoms with Crippen molar-refractivity contribution in [3.05, 3.63) is 65.4 Å². The van der Waals surface area contributed by atoms with Gasteiger partial charge in [-0.2, -0.15) is 10.2 Å². The average Bonchev–Trinajstić information content (AvgIpc) is 2.71. The number of hydrogen-bond acceptors (Lipinski definition) is 8. The molecule has 0 aliphatic rings. The van der Waals surface area contributed by atoms with Crippen molar-refractivity contribution in [3.8, 4) is 17.1 Å². The molecule has 8 nitrogen and oxygen atoms in total. The van der Waals surface area contributed by atoms with Gasteiger partial charge in [-0.15, -0.1) is 0 Å². The van der Waals surface area contributed by atoms with E-state index in [9.17, 15) is 0 Å². The first-order valence-corrected chi connectivity index (χ1v) is 8.73. The van der Waals surface area contributed by atoms with Gasteiger partial charge in [-0.1, -0.05) is 0 Å². The van der Waals surface area contributed by atoms with Crippen LogP contribution < -0.4 is 21.5 Å². The van der Waals surface area contributed by atoms with Crippen molar-refractivity contribution in [1.82, 2.24) is 25.5 Å². The Hall–Kier alpha value is -3.68. The Morgan fingerprint density at radius 3 is 2.50 bits per heavy atom. The molecule has 0 amide bonds. The van der Waals surface area contributed by atoms with Crippen molar-refractivity contribution in [2.24, 2.45) is 5.73 Å². The van der Waals surface area contributed by atoms with Gasteiger partial charge in [0.15, 0.2) is 5.82 Å². The van der Waals surface area contributed by atoms with Gasteiger partial charge >= 0.3 is 0 Å². The normalized spacial score (nSPS) is 11.3. The summed E-state index contributed by atoms with van der Waals surface area (Å²) in [5.74, 6) is 1.10. The first kappa shape index (κ1) is 19.1. The molecule has 0 spiro atoms. The molecular formula is C20H23N7O. The SMILES string of the molecule is COc1cc(-c2ncc(C)cn2)cc(/C(=C\N)NCc2ccc(C)nn2)c1N. The second-order valence-corrected chi connectivity index (χ2v) is 6.32. The fourth-order valence-corrected chi connectivity index (χ4v) is 2.64. The highest BCUT2D eigenvalue weighted by molar-refractivity contribution is 5.82. The maximum Gasteiger partial charge on any atom is 0.159 e. The molecule has 3 rings (SSSR count). The summed E-state index contributed by atoms with van der Waals surface area (Å²) in [5, 5.41) is 11.5. The third-order valence-electron chi connectivity index (χ3n) is 4.17. The van der Waals surface area contributed by atoms with Gasteiger partial charge in [-0.05, 0) is 43.7 Å². The first-order valence-electron chi connectivity index (χ1n) is 8.73. The molecular weight excluding hydrogens is 354 g/mol. The van der Waals surface area contributed by atoms with E-state index in [1.165, 1.54) is 6.20 Å². The third kappa shape index (κ3) is 4.17. The van der Waals surface area contributed by atoms with Crippen LogP contribution in [0.2, 0.25) is 0 Å². The summed E-state index contributed by atoms with van der Waals surface area (Å²) in [5.41, 5.74) is 17.4. The quantitative estimate of drug-likeness (QED) is 0.558. The molecule has 8 heteroatoms. The van der Waals surface area contributed by atoms with E-state index in [1.54, 1.807) is 19.5 Å². The highest BCUT2D eigenvalue weighted by atomic mass is 16.5. The van der Waals surface area contributed by atoms with Crippen LogP contribution in [0.5, 0.6) is 5.75 Å². The minimum Gasteiger partial charge on any atom is -0.495 e. The number of nitrogens with one attached hydrogen (secondary N) is 1. The number of benzene rings is 1. The smallest absolute Gasteiger partial charge is 0.159 e. The topological polar surface area (TPSA) is 125 Å². The molecule has 0 aliphatic carbocycles. The Balaban J connectivity index is 1.94. The van der Waals surface area contributed by atoms with Gasteiger partial charge in [-0.25, -0.2) is 9.97 Å². The zero-order valence-electron chi connectivity index (χ0n) is 16.1. The van der Waals surface area contributed by atoms with Gasteiger partial charge in [0.25, 0.3) is 0 Å². The lowest BCUT2D eigenvalue weighted by atomic mass is 10.0. The molecule has 5 N–H and O–H groups in total. The predicted molar refractivity (Wildman–Crippen MR) is 109 cm³/mol. The maximum absolute atomic E-state index is 6.30. The predicted octanol–water partition coefficient (Wildman–Crippen LogP) is 2.19. The van der Waals surface area contributed by atoms with Gasteiger partial charge < -0.3 is 21.5 Å². The zero-order chi connectivity index (χ0) is 20.1. The molecule has 2 aromatic heterocycles. The van der Waals surface area contributed by atoms with Gasteiger partial charge in [0.1, 0.15) is 5.75 Å². The molecule has 2 heterocycles. The van der Waals surface area contributed by atoms with Crippen LogP contribution in [-0.2, 0) is 6.54 Å². The van der Waals surface area contributed by atoms with E-state index < -0.39 is 0 Å². The summed E-state index contributed by atoms with van der Waals surface area (Å²) in [6, 6.07) is 7.50. The molecule has 28 heavy (non-hydrogen) atoms. The van der Waals surface area contributed by atoms with Crippen LogP contribution in [0, 0.1) is 13.8 Å². The number of ether oxygens (including phenoxy) is 1. The third-order valence-corrected chi connectivity index (χ3v) is 4.17. The van der Waals surface area contributed by atoms with Crippen molar-refractivity contribution in [3.63, 3.8) is 0 Å². The number of nitrogens with two attached hydrogens (primary N) is 2. The van der Waals surface area contributed by atoms with Crippen molar-refractivity contribution in [1.29, 1.82) is 0 Å². The zero-order valence-corrected chi connectivity index (χ0v) is 16.1. The van der Waals surface area contributed by atoms with E-state index in [1.807, 2.05) is 38.1 Å². The van der Waals surface area contributed by atoms with Crippen LogP contribution in [0.1, 0.15) is 22.5 Å². The summed E-state index contributed by atoms with van der Waals surface area (Å²) in [7, 11) is 1.57. The second-order valence-electron chi connectivity index (χ2n) is 6.32. The average molecular weight is 377 g/mol. The molecule has 0 saturated carbocycles. The molecule has 0 atom stereocenters. The fourth-order valence-electron chi connectivity index (χ4n) is 2.64. The Kier molecular flexibility index (Phi) is 5.69. The molecule has 3 aromatic rings. The molecule has 1 aromatic carbocycles. The number of rotatable bonds is 6. The number of nitrogen functional groups attached to an aromatic ring is 1. The summed E-state index contributed by atoms with van der Waals surface area (Å²) < 4.78 is 5.44. The van der Waals surface area contributed by atoms with Gasteiger partial charge in [-0.3, -0.25) is 0 Å². The Labute approximate surface area is 163 Å². The van der Waals surface area contributed by atoms with Crippen LogP contribution in [0.4, 0.5) is 5.69 Å². The Morgan fingerprint density at radius 2 is 1.89 bits per heavy atom. The number of nitrogens with zero attached hydrogens (tertiary/aromatic N) is 4. The molecule has 0 unspecified atom stereocenters. The highest BCUT2D eigenvalue weighted by Crippen LogP contribution is 2.34. The summed E-state index contributed by atoms with van der Waals surface area (Å²) in [4.78, 5) is 8.77. The standard InChI is InChI=1S/C20H23N7O/c1-12-9-24-20(25-10-12)14-6-16(19(22)18(7-14)28-3)17(8-21)23-11-15-5-4-13(2)26-27-15/h4-10,23H,11,21-22H2,1-3H3/b17-8+. The lowest BCUT2D eigenvalue weighted by molar-refractivity contribution is 0.417. The summed E-state index contributed by atoms with van der Waals surface area (Å²) in [6.45, 7) is 4.27. The highest BCUT2D eigenvalue weighted by Gasteiger charge is 2.15. The fraction of sp³-hybridized carbons (Fsp3) is 0.200. The minimum absolute atomic E-state index is 0.448. The van der Waals surface area contributed by atoms with E-state index in [0.29, 0.717) is 35.1 Å². The minimum atomic E-state index is 0.448.